The fraction of sp³-hybridized carbons (Fsp3) is 0.200. The van der Waals surface area contributed by atoms with E-state index in [1.807, 2.05) is 31.2 Å². The number of carbonyl (C=O) groups is 2. The Hall–Kier alpha value is -3.52. The molecule has 0 aliphatic carbocycles. The fourth-order valence-corrected chi connectivity index (χ4v) is 2.70. The van der Waals surface area contributed by atoms with Gasteiger partial charge in [-0.3, -0.25) is 4.79 Å². The second kappa shape index (κ2) is 8.45. The first-order chi connectivity index (χ1) is 13.5. The zero-order valence-corrected chi connectivity index (χ0v) is 15.8. The van der Waals surface area contributed by atoms with Crippen LogP contribution in [0, 0.1) is 6.92 Å². The van der Waals surface area contributed by atoms with Crippen molar-refractivity contribution < 1.29 is 19.1 Å². The molecule has 0 spiro atoms. The molecule has 1 aromatic heterocycles. The number of rotatable bonds is 6. The van der Waals surface area contributed by atoms with Crippen molar-refractivity contribution in [2.45, 2.75) is 13.5 Å². The van der Waals surface area contributed by atoms with Crippen LogP contribution >= 0.6 is 0 Å². The molecule has 8 heteroatoms. The Bertz CT molecular complexity index is 996. The molecule has 144 valence electrons. The van der Waals surface area contributed by atoms with Gasteiger partial charge in [-0.05, 0) is 31.2 Å². The van der Waals surface area contributed by atoms with E-state index in [-0.39, 0.29) is 17.9 Å². The van der Waals surface area contributed by atoms with Crippen molar-refractivity contribution in [2.75, 3.05) is 19.5 Å². The average molecular weight is 380 g/mol. The lowest BCUT2D eigenvalue weighted by molar-refractivity contribution is 0.0602. The summed E-state index contributed by atoms with van der Waals surface area (Å²) in [6, 6.07) is 14.2. The predicted octanol–water partition coefficient (Wildman–Crippen LogP) is 2.76. The van der Waals surface area contributed by atoms with Crippen LogP contribution in [-0.2, 0) is 16.1 Å². The molecular formula is C20H20N4O4. The summed E-state index contributed by atoms with van der Waals surface area (Å²) in [5.74, 6) is -1.04. The van der Waals surface area contributed by atoms with E-state index in [1.54, 1.807) is 28.9 Å². The number of ether oxygens (including phenoxy) is 2. The van der Waals surface area contributed by atoms with Crippen LogP contribution in [0.4, 0.5) is 5.69 Å². The number of nitrogens with one attached hydrogen (secondary N) is 1. The van der Waals surface area contributed by atoms with Gasteiger partial charge < -0.3 is 14.8 Å². The van der Waals surface area contributed by atoms with Gasteiger partial charge in [0.15, 0.2) is 5.69 Å². The van der Waals surface area contributed by atoms with Crippen molar-refractivity contribution in [1.82, 2.24) is 15.0 Å². The number of methoxy groups -OCH3 is 2. The third-order valence-electron chi connectivity index (χ3n) is 4.12. The molecule has 0 saturated heterocycles. The highest BCUT2D eigenvalue weighted by Gasteiger charge is 2.22. The van der Waals surface area contributed by atoms with Gasteiger partial charge in [-0.25, -0.2) is 9.48 Å². The van der Waals surface area contributed by atoms with E-state index in [9.17, 15) is 9.59 Å². The summed E-state index contributed by atoms with van der Waals surface area (Å²) < 4.78 is 11.6. The molecule has 0 aliphatic heterocycles. The SMILES string of the molecule is COCc1c(C(=O)Nc2ccccc2C(=O)OC)nnn1-c1ccc(C)cc1. The van der Waals surface area contributed by atoms with Gasteiger partial charge in [-0.1, -0.05) is 35.0 Å². The maximum absolute atomic E-state index is 12.8. The molecule has 1 N–H and O–H groups in total. The van der Waals surface area contributed by atoms with Crippen LogP contribution in [0.25, 0.3) is 5.69 Å². The quantitative estimate of drug-likeness (QED) is 0.661. The number of anilines is 1. The normalized spacial score (nSPS) is 10.5. The summed E-state index contributed by atoms with van der Waals surface area (Å²) in [5, 5.41) is 10.8. The Balaban J connectivity index is 1.95. The average Bonchev–Trinajstić information content (AvgIpc) is 3.12. The fourth-order valence-electron chi connectivity index (χ4n) is 2.70. The number of benzene rings is 2. The molecule has 28 heavy (non-hydrogen) atoms. The van der Waals surface area contributed by atoms with Gasteiger partial charge in [-0.2, -0.15) is 0 Å². The molecule has 1 amide bonds. The molecule has 0 bridgehead atoms. The van der Waals surface area contributed by atoms with Crippen LogP contribution in [0.15, 0.2) is 48.5 Å². The van der Waals surface area contributed by atoms with E-state index in [2.05, 4.69) is 15.6 Å². The van der Waals surface area contributed by atoms with E-state index < -0.39 is 11.9 Å². The second-order valence-electron chi connectivity index (χ2n) is 6.06. The van der Waals surface area contributed by atoms with Gasteiger partial charge in [0.05, 0.1) is 30.7 Å². The van der Waals surface area contributed by atoms with E-state index in [0.29, 0.717) is 11.4 Å². The first-order valence-electron chi connectivity index (χ1n) is 8.54. The Morgan fingerprint density at radius 3 is 2.46 bits per heavy atom. The van der Waals surface area contributed by atoms with Crippen molar-refractivity contribution in [1.29, 1.82) is 0 Å². The second-order valence-corrected chi connectivity index (χ2v) is 6.06. The maximum Gasteiger partial charge on any atom is 0.339 e. The molecule has 3 aromatic rings. The number of aromatic nitrogens is 3. The molecule has 0 atom stereocenters. The third-order valence-corrected chi connectivity index (χ3v) is 4.12. The summed E-state index contributed by atoms with van der Waals surface area (Å²) in [4.78, 5) is 24.7. The predicted molar refractivity (Wildman–Crippen MR) is 103 cm³/mol. The zero-order valence-electron chi connectivity index (χ0n) is 15.8. The number of amides is 1. The molecule has 0 fully saturated rings. The highest BCUT2D eigenvalue weighted by atomic mass is 16.5. The molecule has 0 aliphatic rings. The standard InChI is InChI=1S/C20H20N4O4/c1-13-8-10-14(11-9-13)24-17(12-27-2)18(22-23-24)19(25)21-16-7-5-4-6-15(16)20(26)28-3/h4-11H,12H2,1-3H3,(H,21,25). The Morgan fingerprint density at radius 1 is 1.07 bits per heavy atom. The van der Waals surface area contributed by atoms with Crippen LogP contribution in [0.5, 0.6) is 0 Å². The van der Waals surface area contributed by atoms with Gasteiger partial charge in [0.25, 0.3) is 5.91 Å². The number of para-hydroxylation sites is 1. The zero-order chi connectivity index (χ0) is 20.1. The van der Waals surface area contributed by atoms with Crippen LogP contribution in [-0.4, -0.2) is 41.1 Å². The van der Waals surface area contributed by atoms with E-state index in [4.69, 9.17) is 9.47 Å². The van der Waals surface area contributed by atoms with Crippen LogP contribution in [0.3, 0.4) is 0 Å². The van der Waals surface area contributed by atoms with Gasteiger partial charge in [-0.15, -0.1) is 5.10 Å². The van der Waals surface area contributed by atoms with Crippen molar-refractivity contribution in [2.24, 2.45) is 0 Å². The summed E-state index contributed by atoms with van der Waals surface area (Å²) >= 11 is 0. The summed E-state index contributed by atoms with van der Waals surface area (Å²) in [6.07, 6.45) is 0. The van der Waals surface area contributed by atoms with Crippen molar-refractivity contribution in [3.8, 4) is 5.69 Å². The van der Waals surface area contributed by atoms with Crippen LogP contribution in [0.2, 0.25) is 0 Å². The Kier molecular flexibility index (Phi) is 5.81. The molecular weight excluding hydrogens is 360 g/mol. The molecule has 0 saturated carbocycles. The molecule has 0 unspecified atom stereocenters. The lowest BCUT2D eigenvalue weighted by atomic mass is 10.1. The van der Waals surface area contributed by atoms with Gasteiger partial charge >= 0.3 is 5.97 Å². The van der Waals surface area contributed by atoms with Crippen LogP contribution in [0.1, 0.15) is 32.1 Å². The Morgan fingerprint density at radius 2 is 1.79 bits per heavy atom. The smallest absolute Gasteiger partial charge is 0.339 e. The van der Waals surface area contributed by atoms with Gasteiger partial charge in [0, 0.05) is 7.11 Å². The Labute approximate surface area is 162 Å². The van der Waals surface area contributed by atoms with E-state index in [1.165, 1.54) is 14.2 Å². The minimum absolute atomic E-state index is 0.113. The minimum atomic E-state index is -0.545. The summed E-state index contributed by atoms with van der Waals surface area (Å²) in [7, 11) is 2.81. The van der Waals surface area contributed by atoms with Crippen LogP contribution < -0.4 is 5.32 Å². The highest BCUT2D eigenvalue weighted by molar-refractivity contribution is 6.07. The monoisotopic (exact) mass is 380 g/mol. The van der Waals surface area contributed by atoms with Crippen molar-refractivity contribution in [3.63, 3.8) is 0 Å². The minimum Gasteiger partial charge on any atom is -0.465 e. The molecule has 2 aromatic carbocycles. The first-order valence-corrected chi connectivity index (χ1v) is 8.54. The number of hydrogen-bond donors (Lipinski definition) is 1. The number of carbonyl (C=O) groups excluding carboxylic acids is 2. The van der Waals surface area contributed by atoms with E-state index in [0.717, 1.165) is 11.3 Å². The number of nitrogens with zero attached hydrogens (tertiary/aromatic N) is 3. The van der Waals surface area contributed by atoms with Gasteiger partial charge in [0.1, 0.15) is 5.69 Å². The number of esters is 1. The highest BCUT2D eigenvalue weighted by Crippen LogP contribution is 2.19. The number of aryl methyl sites for hydroxylation is 1. The third kappa shape index (κ3) is 3.91. The molecule has 0 radical (unpaired) electrons. The number of hydrogen-bond acceptors (Lipinski definition) is 6. The van der Waals surface area contributed by atoms with Gasteiger partial charge in [0.2, 0.25) is 0 Å². The molecule has 1 heterocycles. The lowest BCUT2D eigenvalue weighted by Crippen LogP contribution is -2.18. The molecule has 3 rings (SSSR count). The summed E-state index contributed by atoms with van der Waals surface area (Å²) in [5.41, 5.74) is 3.06. The summed E-state index contributed by atoms with van der Waals surface area (Å²) in [6.45, 7) is 2.13. The molecule has 8 nitrogen and oxygen atoms in total. The van der Waals surface area contributed by atoms with E-state index >= 15 is 0 Å². The van der Waals surface area contributed by atoms with Crippen molar-refractivity contribution >= 4 is 17.6 Å². The first kappa shape index (κ1) is 19.2. The maximum atomic E-state index is 12.8. The lowest BCUT2D eigenvalue weighted by Gasteiger charge is -2.10. The topological polar surface area (TPSA) is 95.3 Å². The largest absolute Gasteiger partial charge is 0.465 e. The van der Waals surface area contributed by atoms with Crippen molar-refractivity contribution in [3.05, 3.63) is 71.0 Å².